The largest absolute Gasteiger partial charge is 0.311 e. The van der Waals surface area contributed by atoms with E-state index in [1.807, 2.05) is 42.6 Å². The van der Waals surface area contributed by atoms with Crippen molar-refractivity contribution in [3.05, 3.63) is 218 Å². The molecule has 3 aromatic heterocycles. The summed E-state index contributed by atoms with van der Waals surface area (Å²) in [6.07, 6.45) is 1.99. The first-order chi connectivity index (χ1) is 29.2. The third kappa shape index (κ3) is 5.82. The molecule has 3 heterocycles. The molecule has 0 aliphatic heterocycles. The number of anilines is 3. The molecule has 0 amide bonds. The summed E-state index contributed by atoms with van der Waals surface area (Å²) in [5, 5.41) is 14.2. The summed E-state index contributed by atoms with van der Waals surface area (Å²) >= 11 is 0. The molecule has 0 N–H and O–H groups in total. The first kappa shape index (κ1) is 34.1. The number of para-hydroxylation sites is 4. The topological polar surface area (TPSA) is 49.8 Å². The quantitative estimate of drug-likeness (QED) is 0.163. The molecular formula is C54H35N5. The summed E-state index contributed by atoms with van der Waals surface area (Å²) in [6, 6.07) is 74.6. The van der Waals surface area contributed by atoms with Crippen molar-refractivity contribution in [1.82, 2.24) is 14.1 Å². The van der Waals surface area contributed by atoms with E-state index in [0.717, 1.165) is 72.9 Å². The lowest BCUT2D eigenvalue weighted by molar-refractivity contribution is 1.14. The average molecular weight is 754 g/mol. The number of nitriles is 1. The van der Waals surface area contributed by atoms with Crippen LogP contribution in [-0.2, 0) is 0 Å². The van der Waals surface area contributed by atoms with Crippen LogP contribution in [0.3, 0.4) is 0 Å². The molecule has 5 nitrogen and oxygen atoms in total. The van der Waals surface area contributed by atoms with Gasteiger partial charge in [0, 0.05) is 49.9 Å². The minimum absolute atomic E-state index is 0.652. The zero-order valence-electron chi connectivity index (χ0n) is 31.9. The number of hydrogen-bond donors (Lipinski definition) is 0. The molecule has 5 heteroatoms. The number of aromatic nitrogens is 3. The van der Waals surface area contributed by atoms with Crippen molar-refractivity contribution in [2.24, 2.45) is 0 Å². The van der Waals surface area contributed by atoms with Crippen LogP contribution in [0.25, 0.3) is 77.4 Å². The zero-order chi connectivity index (χ0) is 39.3. The van der Waals surface area contributed by atoms with Gasteiger partial charge in [0.25, 0.3) is 0 Å². The van der Waals surface area contributed by atoms with Gasteiger partial charge in [-0.05, 0) is 120 Å². The van der Waals surface area contributed by atoms with Crippen molar-refractivity contribution in [2.75, 3.05) is 4.90 Å². The molecule has 276 valence electrons. The van der Waals surface area contributed by atoms with Crippen LogP contribution in [0.1, 0.15) is 5.56 Å². The Morgan fingerprint density at radius 1 is 0.390 bits per heavy atom. The molecule has 11 rings (SSSR count). The second-order valence-electron chi connectivity index (χ2n) is 14.8. The highest BCUT2D eigenvalue weighted by Gasteiger charge is 2.17. The van der Waals surface area contributed by atoms with E-state index in [1.54, 1.807) is 0 Å². The van der Waals surface area contributed by atoms with Gasteiger partial charge in [-0.2, -0.15) is 5.26 Å². The van der Waals surface area contributed by atoms with Gasteiger partial charge in [0.15, 0.2) is 0 Å². The molecule has 0 saturated heterocycles. The van der Waals surface area contributed by atoms with Crippen LogP contribution in [0, 0.1) is 11.3 Å². The molecule has 0 saturated carbocycles. The van der Waals surface area contributed by atoms with Gasteiger partial charge in [0.2, 0.25) is 0 Å². The summed E-state index contributed by atoms with van der Waals surface area (Å²) in [5.41, 5.74) is 14.8. The standard InChI is InChI=1S/C54H35N5/c55-35-37-19-25-44(26-20-37)58-51-17-9-7-15-46(51)48-33-39(23-31-53(48)58)40-24-32-54-49(34-40)47-16-8-10-18-52(47)59(54)45-29-30-50(56-36-45)38-21-27-43(28-22-38)57(41-11-3-1-4-12-41)42-13-5-2-6-14-42/h1-34,36H. The smallest absolute Gasteiger partial charge is 0.0991 e. The Kier molecular flexibility index (Phi) is 8.13. The summed E-state index contributed by atoms with van der Waals surface area (Å²) in [4.78, 5) is 7.28. The van der Waals surface area contributed by atoms with Crippen LogP contribution in [0.4, 0.5) is 17.1 Å². The van der Waals surface area contributed by atoms with Crippen molar-refractivity contribution in [1.29, 1.82) is 5.26 Å². The molecule has 59 heavy (non-hydrogen) atoms. The fraction of sp³-hybridized carbons (Fsp3) is 0. The van der Waals surface area contributed by atoms with Crippen molar-refractivity contribution < 1.29 is 0 Å². The first-order valence-electron chi connectivity index (χ1n) is 19.8. The van der Waals surface area contributed by atoms with Crippen molar-refractivity contribution in [3.8, 4) is 39.8 Å². The number of nitrogens with zero attached hydrogens (tertiary/aromatic N) is 5. The van der Waals surface area contributed by atoms with Crippen LogP contribution in [0.5, 0.6) is 0 Å². The number of benzene rings is 8. The third-order valence-corrected chi connectivity index (χ3v) is 11.4. The fourth-order valence-electron chi connectivity index (χ4n) is 8.62. The number of rotatable bonds is 7. The van der Waals surface area contributed by atoms with Crippen LogP contribution >= 0.6 is 0 Å². The molecule has 0 spiro atoms. The van der Waals surface area contributed by atoms with Crippen LogP contribution < -0.4 is 4.90 Å². The van der Waals surface area contributed by atoms with E-state index in [2.05, 4.69) is 190 Å². The van der Waals surface area contributed by atoms with Crippen LogP contribution in [0.2, 0.25) is 0 Å². The highest BCUT2D eigenvalue weighted by molar-refractivity contribution is 6.12. The highest BCUT2D eigenvalue weighted by atomic mass is 15.1. The Hall–Kier alpha value is -8.20. The van der Waals surface area contributed by atoms with Gasteiger partial charge >= 0.3 is 0 Å². The van der Waals surface area contributed by atoms with Gasteiger partial charge in [-0.3, -0.25) is 4.98 Å². The second kappa shape index (κ2) is 14.1. The van der Waals surface area contributed by atoms with Gasteiger partial charge in [-0.1, -0.05) is 97.1 Å². The lowest BCUT2D eigenvalue weighted by atomic mass is 10.0. The lowest BCUT2D eigenvalue weighted by Crippen LogP contribution is -2.09. The van der Waals surface area contributed by atoms with E-state index in [9.17, 15) is 5.26 Å². The first-order valence-corrected chi connectivity index (χ1v) is 19.8. The maximum Gasteiger partial charge on any atom is 0.0991 e. The van der Waals surface area contributed by atoms with E-state index >= 15 is 0 Å². The molecular weight excluding hydrogens is 719 g/mol. The van der Waals surface area contributed by atoms with Crippen molar-refractivity contribution in [3.63, 3.8) is 0 Å². The Bertz CT molecular complexity index is 3320. The van der Waals surface area contributed by atoms with Gasteiger partial charge in [0.05, 0.1) is 51.3 Å². The van der Waals surface area contributed by atoms with Crippen LogP contribution in [0.15, 0.2) is 212 Å². The molecule has 8 aromatic carbocycles. The van der Waals surface area contributed by atoms with Gasteiger partial charge < -0.3 is 14.0 Å². The number of fused-ring (bicyclic) bond motifs is 6. The van der Waals surface area contributed by atoms with E-state index in [1.165, 1.54) is 21.5 Å². The summed E-state index contributed by atoms with van der Waals surface area (Å²) in [6.45, 7) is 0. The molecule has 0 aliphatic rings. The summed E-state index contributed by atoms with van der Waals surface area (Å²) in [5.74, 6) is 0. The molecule has 0 aliphatic carbocycles. The SMILES string of the molecule is N#Cc1ccc(-n2c3ccccc3c3cc(-c4ccc5c(c4)c4ccccc4n5-c4ccc(-c5ccc(N(c6ccccc6)c6ccccc6)cc5)nc4)ccc32)cc1. The van der Waals surface area contributed by atoms with Crippen molar-refractivity contribution in [2.45, 2.75) is 0 Å². The Morgan fingerprint density at radius 2 is 0.847 bits per heavy atom. The predicted molar refractivity (Wildman–Crippen MR) is 243 cm³/mol. The van der Waals surface area contributed by atoms with E-state index in [0.29, 0.717) is 5.56 Å². The lowest BCUT2D eigenvalue weighted by Gasteiger charge is -2.25. The molecule has 11 aromatic rings. The fourth-order valence-corrected chi connectivity index (χ4v) is 8.62. The van der Waals surface area contributed by atoms with Crippen molar-refractivity contribution >= 4 is 60.7 Å². The maximum atomic E-state index is 9.39. The highest BCUT2D eigenvalue weighted by Crippen LogP contribution is 2.39. The van der Waals surface area contributed by atoms with Crippen LogP contribution in [-0.4, -0.2) is 14.1 Å². The minimum Gasteiger partial charge on any atom is -0.311 e. The van der Waals surface area contributed by atoms with Gasteiger partial charge in [-0.15, -0.1) is 0 Å². The monoisotopic (exact) mass is 753 g/mol. The van der Waals surface area contributed by atoms with Gasteiger partial charge in [-0.25, -0.2) is 0 Å². The Labute approximate surface area is 341 Å². The van der Waals surface area contributed by atoms with E-state index in [-0.39, 0.29) is 0 Å². The predicted octanol–water partition coefficient (Wildman–Crippen LogP) is 14.0. The number of pyridine rings is 1. The normalized spacial score (nSPS) is 11.4. The minimum atomic E-state index is 0.652. The number of hydrogen-bond acceptors (Lipinski definition) is 3. The van der Waals surface area contributed by atoms with E-state index < -0.39 is 0 Å². The molecule has 0 atom stereocenters. The molecule has 0 bridgehead atoms. The summed E-state index contributed by atoms with van der Waals surface area (Å²) in [7, 11) is 0. The molecule has 0 radical (unpaired) electrons. The Morgan fingerprint density at radius 3 is 1.37 bits per heavy atom. The van der Waals surface area contributed by atoms with Gasteiger partial charge in [0.1, 0.15) is 0 Å². The second-order valence-corrected chi connectivity index (χ2v) is 14.8. The maximum absolute atomic E-state index is 9.39. The van der Waals surface area contributed by atoms with E-state index in [4.69, 9.17) is 4.98 Å². The summed E-state index contributed by atoms with van der Waals surface area (Å²) < 4.78 is 4.60. The zero-order valence-corrected chi connectivity index (χ0v) is 31.9. The Balaban J connectivity index is 0.946. The molecule has 0 fully saturated rings. The molecule has 0 unspecified atom stereocenters. The third-order valence-electron chi connectivity index (χ3n) is 11.4. The average Bonchev–Trinajstić information content (AvgIpc) is 3.82.